The summed E-state index contributed by atoms with van der Waals surface area (Å²) in [6.45, 7) is 0.936. The van der Waals surface area contributed by atoms with Crippen LogP contribution in [-0.2, 0) is 11.8 Å². The van der Waals surface area contributed by atoms with Crippen molar-refractivity contribution in [2.24, 2.45) is 13.0 Å². The smallest absolute Gasteiger partial charge is 0.306 e. The Kier molecular flexibility index (Phi) is 3.70. The summed E-state index contributed by atoms with van der Waals surface area (Å²) in [5.41, 5.74) is 0.535. The van der Waals surface area contributed by atoms with Gasteiger partial charge in [0.1, 0.15) is 11.4 Å². The molecule has 0 unspecified atom stereocenters. The van der Waals surface area contributed by atoms with Gasteiger partial charge in [-0.2, -0.15) is 5.10 Å². The van der Waals surface area contributed by atoms with E-state index >= 15 is 0 Å². The highest BCUT2D eigenvalue weighted by Gasteiger charge is 2.29. The van der Waals surface area contributed by atoms with E-state index in [1.807, 2.05) is 29.1 Å². The summed E-state index contributed by atoms with van der Waals surface area (Å²) in [4.78, 5) is 25.4. The van der Waals surface area contributed by atoms with Crippen LogP contribution in [0.15, 0.2) is 30.7 Å². The van der Waals surface area contributed by atoms with Gasteiger partial charge in [-0.1, -0.05) is 0 Å². The standard InChI is InChI=1S/C15H18N4O3/c1-17-13(18-6-2-3-7-18)12(10-16-17)14(20)19-8-4-11(5-9-19)15(21)22/h2-3,6-7,10-11H,4-5,8-9H2,1H3,(H,21,22). The van der Waals surface area contributed by atoms with Crippen LogP contribution >= 0.6 is 0 Å². The molecule has 1 aliphatic heterocycles. The third-order valence-corrected chi connectivity index (χ3v) is 4.12. The molecular formula is C15H18N4O3. The Morgan fingerprint density at radius 2 is 1.86 bits per heavy atom. The largest absolute Gasteiger partial charge is 0.481 e. The summed E-state index contributed by atoms with van der Waals surface area (Å²) < 4.78 is 3.52. The summed E-state index contributed by atoms with van der Waals surface area (Å²) in [5, 5.41) is 13.2. The number of likely N-dealkylation sites (tertiary alicyclic amines) is 1. The Bertz CT molecular complexity index is 682. The fourth-order valence-corrected chi connectivity index (χ4v) is 2.86. The first-order valence-electron chi connectivity index (χ1n) is 7.25. The van der Waals surface area contributed by atoms with Gasteiger partial charge in [0.2, 0.25) is 0 Å². The van der Waals surface area contributed by atoms with Crippen molar-refractivity contribution in [3.05, 3.63) is 36.3 Å². The van der Waals surface area contributed by atoms with E-state index in [1.54, 1.807) is 22.8 Å². The Labute approximate surface area is 127 Å². The summed E-state index contributed by atoms with van der Waals surface area (Å²) in [5.74, 6) is -0.501. The molecule has 1 amide bonds. The predicted molar refractivity (Wildman–Crippen MR) is 78.8 cm³/mol. The number of aryl methyl sites for hydroxylation is 1. The predicted octanol–water partition coefficient (Wildman–Crippen LogP) is 1.15. The number of nitrogens with zero attached hydrogens (tertiary/aromatic N) is 4. The molecule has 3 heterocycles. The number of amides is 1. The summed E-state index contributed by atoms with van der Waals surface area (Å²) >= 11 is 0. The van der Waals surface area contributed by atoms with Crippen molar-refractivity contribution in [3.8, 4) is 5.82 Å². The van der Waals surface area contributed by atoms with Gasteiger partial charge < -0.3 is 14.6 Å². The molecule has 7 heteroatoms. The fourth-order valence-electron chi connectivity index (χ4n) is 2.86. The van der Waals surface area contributed by atoms with Crippen molar-refractivity contribution in [2.45, 2.75) is 12.8 Å². The van der Waals surface area contributed by atoms with E-state index in [9.17, 15) is 9.59 Å². The number of piperidine rings is 1. The molecule has 0 bridgehead atoms. The number of carbonyl (C=O) groups excluding carboxylic acids is 1. The normalized spacial score (nSPS) is 16.0. The summed E-state index contributed by atoms with van der Waals surface area (Å²) in [6, 6.07) is 3.78. The Hall–Kier alpha value is -2.57. The van der Waals surface area contributed by atoms with Crippen LogP contribution in [0.2, 0.25) is 0 Å². The van der Waals surface area contributed by atoms with E-state index in [0.29, 0.717) is 31.5 Å². The van der Waals surface area contributed by atoms with Gasteiger partial charge >= 0.3 is 5.97 Å². The molecule has 7 nitrogen and oxygen atoms in total. The van der Waals surface area contributed by atoms with Gasteiger partial charge in [-0.05, 0) is 25.0 Å². The highest BCUT2D eigenvalue weighted by Crippen LogP contribution is 2.22. The molecule has 0 aromatic carbocycles. The first-order valence-corrected chi connectivity index (χ1v) is 7.25. The van der Waals surface area contributed by atoms with Gasteiger partial charge in [0.25, 0.3) is 5.91 Å². The number of rotatable bonds is 3. The molecule has 0 radical (unpaired) electrons. The number of hydrogen-bond acceptors (Lipinski definition) is 3. The molecule has 0 saturated carbocycles. The van der Waals surface area contributed by atoms with E-state index in [1.165, 1.54) is 0 Å². The van der Waals surface area contributed by atoms with E-state index in [0.717, 1.165) is 5.82 Å². The highest BCUT2D eigenvalue weighted by molar-refractivity contribution is 5.97. The topological polar surface area (TPSA) is 80.4 Å². The second kappa shape index (κ2) is 5.67. The van der Waals surface area contributed by atoms with Crippen molar-refractivity contribution < 1.29 is 14.7 Å². The number of hydrogen-bond donors (Lipinski definition) is 1. The maximum Gasteiger partial charge on any atom is 0.306 e. The van der Waals surface area contributed by atoms with Gasteiger partial charge in [-0.3, -0.25) is 14.3 Å². The lowest BCUT2D eigenvalue weighted by atomic mass is 9.97. The van der Waals surface area contributed by atoms with Crippen LogP contribution in [0.5, 0.6) is 0 Å². The molecule has 22 heavy (non-hydrogen) atoms. The van der Waals surface area contributed by atoms with Crippen LogP contribution in [0.3, 0.4) is 0 Å². The van der Waals surface area contributed by atoms with Gasteiger partial charge in [0.05, 0.1) is 12.1 Å². The summed E-state index contributed by atoms with van der Waals surface area (Å²) in [6.07, 6.45) is 6.30. The van der Waals surface area contributed by atoms with Gasteiger partial charge in [-0.25, -0.2) is 0 Å². The molecule has 116 valence electrons. The third kappa shape index (κ3) is 2.49. The Morgan fingerprint density at radius 3 is 2.45 bits per heavy atom. The third-order valence-electron chi connectivity index (χ3n) is 4.12. The molecule has 1 N–H and O–H groups in total. The van der Waals surface area contributed by atoms with Crippen LogP contribution in [0.4, 0.5) is 0 Å². The minimum atomic E-state index is -0.776. The maximum absolute atomic E-state index is 12.7. The molecular weight excluding hydrogens is 284 g/mol. The monoisotopic (exact) mass is 302 g/mol. The SMILES string of the molecule is Cn1ncc(C(=O)N2CCC(C(=O)O)CC2)c1-n1cccc1. The van der Waals surface area contributed by atoms with Gasteiger partial charge in [0.15, 0.2) is 0 Å². The number of aliphatic carboxylic acids is 1. The molecule has 0 atom stereocenters. The zero-order chi connectivity index (χ0) is 15.7. The second-order valence-electron chi connectivity index (χ2n) is 5.50. The molecule has 2 aromatic rings. The fraction of sp³-hybridized carbons (Fsp3) is 0.400. The van der Waals surface area contributed by atoms with Crippen LogP contribution in [0.1, 0.15) is 23.2 Å². The van der Waals surface area contributed by atoms with E-state index in [-0.39, 0.29) is 11.8 Å². The quantitative estimate of drug-likeness (QED) is 0.922. The second-order valence-corrected chi connectivity index (χ2v) is 5.50. The van der Waals surface area contributed by atoms with Gasteiger partial charge in [0, 0.05) is 32.5 Å². The van der Waals surface area contributed by atoms with Crippen molar-refractivity contribution in [1.29, 1.82) is 0 Å². The van der Waals surface area contributed by atoms with Crippen molar-refractivity contribution in [1.82, 2.24) is 19.2 Å². The number of carbonyl (C=O) groups is 2. The minimum absolute atomic E-state index is 0.0966. The average molecular weight is 302 g/mol. The van der Waals surface area contributed by atoms with Crippen molar-refractivity contribution in [3.63, 3.8) is 0 Å². The summed E-state index contributed by atoms with van der Waals surface area (Å²) in [7, 11) is 1.79. The first-order chi connectivity index (χ1) is 10.6. The zero-order valence-corrected chi connectivity index (χ0v) is 12.3. The number of aromatic nitrogens is 3. The molecule has 3 rings (SSSR count). The minimum Gasteiger partial charge on any atom is -0.481 e. The van der Waals surface area contributed by atoms with Crippen LogP contribution in [0, 0.1) is 5.92 Å². The van der Waals surface area contributed by atoms with E-state index < -0.39 is 5.97 Å². The molecule has 0 aliphatic carbocycles. The molecule has 1 aliphatic rings. The highest BCUT2D eigenvalue weighted by atomic mass is 16.4. The first kappa shape index (κ1) is 14.4. The van der Waals surface area contributed by atoms with Crippen molar-refractivity contribution in [2.75, 3.05) is 13.1 Å². The number of carboxylic acid groups (broad SMARTS) is 1. The van der Waals surface area contributed by atoms with E-state index in [4.69, 9.17) is 5.11 Å². The molecule has 1 saturated heterocycles. The molecule has 0 spiro atoms. The Morgan fingerprint density at radius 1 is 1.23 bits per heavy atom. The maximum atomic E-state index is 12.7. The zero-order valence-electron chi connectivity index (χ0n) is 12.3. The van der Waals surface area contributed by atoms with Crippen LogP contribution in [0.25, 0.3) is 5.82 Å². The molecule has 1 fully saturated rings. The Balaban J connectivity index is 1.81. The van der Waals surface area contributed by atoms with Crippen LogP contribution < -0.4 is 0 Å². The van der Waals surface area contributed by atoms with Crippen LogP contribution in [-0.4, -0.2) is 49.3 Å². The average Bonchev–Trinajstić information content (AvgIpc) is 3.15. The lowest BCUT2D eigenvalue weighted by Crippen LogP contribution is -2.40. The van der Waals surface area contributed by atoms with E-state index in [2.05, 4.69) is 5.10 Å². The molecule has 2 aromatic heterocycles. The lowest BCUT2D eigenvalue weighted by Gasteiger charge is -2.30. The lowest BCUT2D eigenvalue weighted by molar-refractivity contribution is -0.143. The van der Waals surface area contributed by atoms with Gasteiger partial charge in [-0.15, -0.1) is 0 Å². The number of carboxylic acids is 1. The van der Waals surface area contributed by atoms with Crippen molar-refractivity contribution >= 4 is 11.9 Å².